The molecule has 36 heavy (non-hydrogen) atoms. The zero-order valence-corrected chi connectivity index (χ0v) is 21.3. The Morgan fingerprint density at radius 1 is 0.750 bits per heavy atom. The first kappa shape index (κ1) is 24.9. The number of rotatable bonds is 10. The van der Waals surface area contributed by atoms with E-state index >= 15 is 0 Å². The average Bonchev–Trinajstić information content (AvgIpc) is 3.83. The van der Waals surface area contributed by atoms with Gasteiger partial charge < -0.3 is 29.5 Å². The lowest BCUT2D eigenvalue weighted by molar-refractivity contribution is -0.0401. The van der Waals surface area contributed by atoms with Gasteiger partial charge in [0.05, 0.1) is 26.3 Å². The zero-order chi connectivity index (χ0) is 25.2. The third-order valence-corrected chi connectivity index (χ3v) is 7.89. The van der Waals surface area contributed by atoms with E-state index in [1.165, 1.54) is 0 Å². The number of methoxy groups -OCH3 is 2. The highest BCUT2D eigenvalue weighted by molar-refractivity contribution is 5.76. The second kappa shape index (κ2) is 10.7. The van der Waals surface area contributed by atoms with E-state index in [1.807, 2.05) is 58.3 Å². The molecular weight excluding hydrogens is 456 g/mol. The number of aliphatic hydroxyl groups is 2. The van der Waals surface area contributed by atoms with Gasteiger partial charge in [0.25, 0.3) is 0 Å². The predicted molar refractivity (Wildman–Crippen MR) is 137 cm³/mol. The van der Waals surface area contributed by atoms with E-state index in [9.17, 15) is 15.0 Å². The third kappa shape index (κ3) is 5.62. The van der Waals surface area contributed by atoms with Gasteiger partial charge in [-0.15, -0.1) is 0 Å². The molecule has 194 valence electrons. The molecule has 0 spiro atoms. The van der Waals surface area contributed by atoms with E-state index in [1.54, 1.807) is 14.2 Å². The van der Waals surface area contributed by atoms with Crippen molar-refractivity contribution in [3.8, 4) is 11.5 Å². The van der Waals surface area contributed by atoms with Crippen molar-refractivity contribution in [2.75, 3.05) is 27.3 Å². The highest BCUT2D eigenvalue weighted by atomic mass is 16.5. The van der Waals surface area contributed by atoms with Crippen LogP contribution in [0.3, 0.4) is 0 Å². The van der Waals surface area contributed by atoms with Crippen molar-refractivity contribution in [3.05, 3.63) is 59.7 Å². The summed E-state index contributed by atoms with van der Waals surface area (Å²) < 4.78 is 10.8. The first-order chi connectivity index (χ1) is 17.5. The van der Waals surface area contributed by atoms with Crippen LogP contribution in [0.4, 0.5) is 4.79 Å². The number of urea groups is 1. The average molecular weight is 495 g/mol. The Morgan fingerprint density at radius 3 is 1.53 bits per heavy atom. The fourth-order valence-corrected chi connectivity index (χ4v) is 5.40. The predicted octanol–water partition coefficient (Wildman–Crippen LogP) is 3.51. The molecule has 3 fully saturated rings. The van der Waals surface area contributed by atoms with Gasteiger partial charge in [-0.1, -0.05) is 24.3 Å². The maximum absolute atomic E-state index is 14.2. The summed E-state index contributed by atoms with van der Waals surface area (Å²) >= 11 is 0. The van der Waals surface area contributed by atoms with Crippen molar-refractivity contribution in [2.45, 2.75) is 62.8 Å². The molecule has 3 aliphatic rings. The Kier molecular flexibility index (Phi) is 7.39. The number of amides is 2. The summed E-state index contributed by atoms with van der Waals surface area (Å²) in [5, 5.41) is 23.2. The molecule has 2 aromatic rings. The van der Waals surface area contributed by atoms with Crippen LogP contribution in [0.2, 0.25) is 0 Å². The summed E-state index contributed by atoms with van der Waals surface area (Å²) in [6.45, 7) is 1.23. The Hall–Kier alpha value is -2.77. The third-order valence-electron chi connectivity index (χ3n) is 7.89. The lowest BCUT2D eigenvalue weighted by atomic mass is 9.91. The zero-order valence-electron chi connectivity index (χ0n) is 21.3. The van der Waals surface area contributed by atoms with Crippen molar-refractivity contribution in [3.63, 3.8) is 0 Å². The fourth-order valence-electron chi connectivity index (χ4n) is 5.40. The molecular formula is C29H38N2O5. The highest BCUT2D eigenvalue weighted by Gasteiger charge is 2.48. The number of ether oxygens (including phenoxy) is 2. The molecule has 1 heterocycles. The molecule has 2 N–H and O–H groups in total. The standard InChI is InChI=1S/C29H38N2O5/c1-35-23-7-3-5-21(13-23)15-25-27(32)28(33)26(16-22-6-4-8-24(14-22)36-2)31(18-20-11-12-20)29(34)30(25)17-19-9-10-19/h3-8,13-14,19-20,25-28,32-33H,9-12,15-18H2,1-2H3/t25-,26-,27+,28+/m1/s1. The normalized spacial score (nSPS) is 26.6. The van der Waals surface area contributed by atoms with E-state index in [2.05, 4.69) is 0 Å². The van der Waals surface area contributed by atoms with Crippen LogP contribution in [0.1, 0.15) is 36.8 Å². The number of hydrogen-bond donors (Lipinski definition) is 2. The Balaban J connectivity index is 1.49. The van der Waals surface area contributed by atoms with Crippen LogP contribution in [-0.2, 0) is 12.8 Å². The first-order valence-electron chi connectivity index (χ1n) is 13.2. The summed E-state index contributed by atoms with van der Waals surface area (Å²) in [6.07, 6.45) is 3.17. The van der Waals surface area contributed by atoms with Gasteiger partial charge in [-0.3, -0.25) is 0 Å². The summed E-state index contributed by atoms with van der Waals surface area (Å²) in [4.78, 5) is 17.9. The van der Waals surface area contributed by atoms with Crippen LogP contribution >= 0.6 is 0 Å². The van der Waals surface area contributed by atoms with Crippen LogP contribution in [0.15, 0.2) is 48.5 Å². The molecule has 2 saturated carbocycles. The SMILES string of the molecule is COc1cccc(C[C@@H]2[C@H](O)[C@@H](O)[C@@H](Cc3cccc(OC)c3)N(CC3CC3)C(=O)N2CC2CC2)c1. The number of carbonyl (C=O) groups excluding carboxylic acids is 1. The molecule has 0 aromatic heterocycles. The minimum atomic E-state index is -1.07. The number of hydrogen-bond acceptors (Lipinski definition) is 5. The van der Waals surface area contributed by atoms with Crippen LogP contribution < -0.4 is 9.47 Å². The molecule has 7 heteroatoms. The largest absolute Gasteiger partial charge is 0.497 e. The van der Waals surface area contributed by atoms with Crippen molar-refractivity contribution in [1.82, 2.24) is 9.80 Å². The van der Waals surface area contributed by atoms with Gasteiger partial charge in [-0.25, -0.2) is 4.79 Å². The maximum Gasteiger partial charge on any atom is 0.320 e. The minimum absolute atomic E-state index is 0.0646. The molecule has 2 aliphatic carbocycles. The molecule has 2 aromatic carbocycles. The summed E-state index contributed by atoms with van der Waals surface area (Å²) in [6, 6.07) is 14.4. The van der Waals surface area contributed by atoms with Gasteiger partial charge in [0.2, 0.25) is 0 Å². The number of aliphatic hydroxyl groups excluding tert-OH is 2. The summed E-state index contributed by atoms with van der Waals surface area (Å²) in [7, 11) is 3.26. The quantitative estimate of drug-likeness (QED) is 0.528. The molecule has 2 amide bonds. The van der Waals surface area contributed by atoms with E-state index < -0.39 is 24.3 Å². The van der Waals surface area contributed by atoms with Crippen LogP contribution in [0, 0.1) is 11.8 Å². The molecule has 5 rings (SSSR count). The van der Waals surface area contributed by atoms with Gasteiger partial charge in [0, 0.05) is 13.1 Å². The summed E-state index contributed by atoms with van der Waals surface area (Å²) in [5.74, 6) is 2.40. The second-order valence-corrected chi connectivity index (χ2v) is 10.7. The lowest BCUT2D eigenvalue weighted by Crippen LogP contribution is -2.52. The molecule has 4 atom stereocenters. The molecule has 1 aliphatic heterocycles. The highest BCUT2D eigenvalue weighted by Crippen LogP contribution is 2.37. The van der Waals surface area contributed by atoms with E-state index in [0.717, 1.165) is 48.3 Å². The van der Waals surface area contributed by atoms with Gasteiger partial charge in [-0.05, 0) is 85.8 Å². The fraction of sp³-hybridized carbons (Fsp3) is 0.552. The monoisotopic (exact) mass is 494 g/mol. The molecule has 0 unspecified atom stereocenters. The Morgan fingerprint density at radius 2 is 1.17 bits per heavy atom. The molecule has 0 radical (unpaired) electrons. The smallest absolute Gasteiger partial charge is 0.320 e. The van der Waals surface area contributed by atoms with Crippen LogP contribution in [0.5, 0.6) is 11.5 Å². The molecule has 7 nitrogen and oxygen atoms in total. The van der Waals surface area contributed by atoms with Gasteiger partial charge in [0.1, 0.15) is 23.7 Å². The van der Waals surface area contributed by atoms with Gasteiger partial charge >= 0.3 is 6.03 Å². The number of nitrogens with zero attached hydrogens (tertiary/aromatic N) is 2. The Bertz CT molecular complexity index is 972. The Labute approximate surface area is 213 Å². The second-order valence-electron chi connectivity index (χ2n) is 10.7. The van der Waals surface area contributed by atoms with Crippen molar-refractivity contribution in [2.24, 2.45) is 11.8 Å². The summed E-state index contributed by atoms with van der Waals surface area (Å²) in [5.41, 5.74) is 1.94. The molecule has 0 bridgehead atoms. The number of benzene rings is 2. The maximum atomic E-state index is 14.2. The topological polar surface area (TPSA) is 82.5 Å². The number of carbonyl (C=O) groups is 1. The van der Waals surface area contributed by atoms with E-state index in [0.29, 0.717) is 37.8 Å². The van der Waals surface area contributed by atoms with Crippen LogP contribution in [0.25, 0.3) is 0 Å². The van der Waals surface area contributed by atoms with E-state index in [-0.39, 0.29) is 6.03 Å². The first-order valence-corrected chi connectivity index (χ1v) is 13.2. The molecule has 1 saturated heterocycles. The van der Waals surface area contributed by atoms with Crippen molar-refractivity contribution >= 4 is 6.03 Å². The minimum Gasteiger partial charge on any atom is -0.497 e. The van der Waals surface area contributed by atoms with Crippen molar-refractivity contribution < 1.29 is 24.5 Å². The van der Waals surface area contributed by atoms with Crippen molar-refractivity contribution in [1.29, 1.82) is 0 Å². The van der Waals surface area contributed by atoms with Crippen LogP contribution in [-0.4, -0.2) is 77.6 Å². The lowest BCUT2D eigenvalue weighted by Gasteiger charge is -2.36. The van der Waals surface area contributed by atoms with Gasteiger partial charge in [0.15, 0.2) is 0 Å². The van der Waals surface area contributed by atoms with Gasteiger partial charge in [-0.2, -0.15) is 0 Å². The van der Waals surface area contributed by atoms with E-state index in [4.69, 9.17) is 9.47 Å².